The highest BCUT2D eigenvalue weighted by atomic mass is 16.3. The third kappa shape index (κ3) is 2.84. The van der Waals surface area contributed by atoms with Crippen LogP contribution in [0, 0.1) is 6.92 Å². The van der Waals surface area contributed by atoms with Crippen molar-refractivity contribution in [1.29, 1.82) is 0 Å². The predicted molar refractivity (Wildman–Crippen MR) is 63.4 cm³/mol. The SMILES string of the molecule is CCCCC(=O)C(=O)c1ccc(O)c(C)c1O. The van der Waals surface area contributed by atoms with Crippen LogP contribution in [0.25, 0.3) is 0 Å². The van der Waals surface area contributed by atoms with E-state index in [1.165, 1.54) is 19.1 Å². The lowest BCUT2D eigenvalue weighted by atomic mass is 10.00. The number of unbranched alkanes of at least 4 members (excludes halogenated alkanes) is 1. The zero-order chi connectivity index (χ0) is 13.0. The molecule has 0 amide bonds. The highest BCUT2D eigenvalue weighted by Crippen LogP contribution is 2.29. The summed E-state index contributed by atoms with van der Waals surface area (Å²) in [5.74, 6) is -1.62. The number of Topliss-reactive ketones (excluding diaryl/α,β-unsaturated/α-hetero) is 2. The maximum Gasteiger partial charge on any atom is 0.232 e. The van der Waals surface area contributed by atoms with E-state index in [2.05, 4.69) is 0 Å². The van der Waals surface area contributed by atoms with Gasteiger partial charge < -0.3 is 10.2 Å². The predicted octanol–water partition coefficient (Wildman–Crippen LogP) is 2.35. The number of phenols is 2. The zero-order valence-corrected chi connectivity index (χ0v) is 9.99. The minimum Gasteiger partial charge on any atom is -0.508 e. The van der Waals surface area contributed by atoms with Gasteiger partial charge in [0.1, 0.15) is 11.5 Å². The van der Waals surface area contributed by atoms with E-state index in [9.17, 15) is 19.8 Å². The van der Waals surface area contributed by atoms with E-state index in [1.807, 2.05) is 6.92 Å². The van der Waals surface area contributed by atoms with Crippen LogP contribution in [-0.2, 0) is 4.79 Å². The fraction of sp³-hybridized carbons (Fsp3) is 0.385. The summed E-state index contributed by atoms with van der Waals surface area (Å²) in [4.78, 5) is 23.3. The fourth-order valence-electron chi connectivity index (χ4n) is 1.47. The summed E-state index contributed by atoms with van der Waals surface area (Å²) in [6.45, 7) is 3.41. The summed E-state index contributed by atoms with van der Waals surface area (Å²) in [5.41, 5.74) is 0.167. The van der Waals surface area contributed by atoms with Gasteiger partial charge in [0.05, 0.1) is 5.56 Å². The average molecular weight is 236 g/mol. The van der Waals surface area contributed by atoms with E-state index < -0.39 is 11.6 Å². The third-order valence-corrected chi connectivity index (χ3v) is 2.66. The number of ketones is 2. The summed E-state index contributed by atoms with van der Waals surface area (Å²) < 4.78 is 0. The number of phenolic OH excluding ortho intramolecular Hbond substituents is 2. The van der Waals surface area contributed by atoms with Crippen LogP contribution >= 0.6 is 0 Å². The topological polar surface area (TPSA) is 74.6 Å². The van der Waals surface area contributed by atoms with Crippen molar-refractivity contribution in [2.45, 2.75) is 33.1 Å². The number of aromatic hydroxyl groups is 2. The molecule has 0 atom stereocenters. The van der Waals surface area contributed by atoms with E-state index in [1.54, 1.807) is 0 Å². The molecule has 92 valence electrons. The molecule has 0 aliphatic heterocycles. The van der Waals surface area contributed by atoms with E-state index in [4.69, 9.17) is 0 Å². The first-order valence-corrected chi connectivity index (χ1v) is 5.58. The minimum absolute atomic E-state index is 0.0404. The first kappa shape index (κ1) is 13.2. The van der Waals surface area contributed by atoms with Crippen LogP contribution in [0.5, 0.6) is 11.5 Å². The Morgan fingerprint density at radius 1 is 1.24 bits per heavy atom. The van der Waals surface area contributed by atoms with Gasteiger partial charge in [-0.2, -0.15) is 0 Å². The monoisotopic (exact) mass is 236 g/mol. The van der Waals surface area contributed by atoms with Gasteiger partial charge in [0, 0.05) is 12.0 Å². The third-order valence-electron chi connectivity index (χ3n) is 2.66. The molecule has 4 nitrogen and oxygen atoms in total. The summed E-state index contributed by atoms with van der Waals surface area (Å²) >= 11 is 0. The number of hydrogen-bond donors (Lipinski definition) is 2. The van der Waals surface area contributed by atoms with Gasteiger partial charge >= 0.3 is 0 Å². The molecule has 0 aliphatic carbocycles. The minimum atomic E-state index is -0.695. The maximum atomic E-state index is 11.7. The zero-order valence-electron chi connectivity index (χ0n) is 9.99. The smallest absolute Gasteiger partial charge is 0.232 e. The molecule has 0 fully saturated rings. The molecule has 17 heavy (non-hydrogen) atoms. The Hall–Kier alpha value is -1.84. The molecule has 0 saturated heterocycles. The normalized spacial score (nSPS) is 10.2. The van der Waals surface area contributed by atoms with Crippen molar-refractivity contribution in [1.82, 2.24) is 0 Å². The van der Waals surface area contributed by atoms with Crippen LogP contribution in [0.3, 0.4) is 0 Å². The molecule has 0 bridgehead atoms. The van der Waals surface area contributed by atoms with Crippen molar-refractivity contribution < 1.29 is 19.8 Å². The van der Waals surface area contributed by atoms with E-state index >= 15 is 0 Å². The second-order valence-electron chi connectivity index (χ2n) is 3.96. The van der Waals surface area contributed by atoms with Crippen molar-refractivity contribution in [3.8, 4) is 11.5 Å². The summed E-state index contributed by atoms with van der Waals surface area (Å²) in [6.07, 6.45) is 1.68. The second-order valence-corrected chi connectivity index (χ2v) is 3.96. The molecule has 0 unspecified atom stereocenters. The average Bonchev–Trinajstić information content (AvgIpc) is 2.32. The number of hydrogen-bond acceptors (Lipinski definition) is 4. The number of carbonyl (C=O) groups excluding carboxylic acids is 2. The van der Waals surface area contributed by atoms with Gasteiger partial charge in [0.2, 0.25) is 11.6 Å². The molecule has 1 aromatic carbocycles. The lowest BCUT2D eigenvalue weighted by Crippen LogP contribution is -2.14. The number of rotatable bonds is 5. The largest absolute Gasteiger partial charge is 0.508 e. The first-order chi connectivity index (χ1) is 7.99. The van der Waals surface area contributed by atoms with Crippen LogP contribution in [0.15, 0.2) is 12.1 Å². The molecule has 0 aromatic heterocycles. The quantitative estimate of drug-likeness (QED) is 0.608. The van der Waals surface area contributed by atoms with Gasteiger partial charge in [-0.05, 0) is 25.5 Å². The van der Waals surface area contributed by atoms with Crippen molar-refractivity contribution in [2.24, 2.45) is 0 Å². The number of benzene rings is 1. The first-order valence-electron chi connectivity index (χ1n) is 5.58. The Bertz CT molecular complexity index is 449. The fourth-order valence-corrected chi connectivity index (χ4v) is 1.47. The van der Waals surface area contributed by atoms with E-state index in [-0.39, 0.29) is 29.0 Å². The molecule has 0 spiro atoms. The summed E-state index contributed by atoms with van der Waals surface area (Å²) in [6, 6.07) is 2.57. The Morgan fingerprint density at radius 3 is 2.47 bits per heavy atom. The Balaban J connectivity index is 2.97. The van der Waals surface area contributed by atoms with Gasteiger partial charge in [-0.3, -0.25) is 9.59 Å². The maximum absolute atomic E-state index is 11.7. The number of carbonyl (C=O) groups is 2. The molecular weight excluding hydrogens is 220 g/mol. The molecule has 2 N–H and O–H groups in total. The molecule has 0 saturated carbocycles. The molecule has 1 rings (SSSR count). The van der Waals surface area contributed by atoms with E-state index in [0.717, 1.165) is 6.42 Å². The Labute approximate surface area is 99.9 Å². The van der Waals surface area contributed by atoms with Crippen LogP contribution in [0.2, 0.25) is 0 Å². The van der Waals surface area contributed by atoms with Gasteiger partial charge in [-0.1, -0.05) is 13.3 Å². The molecule has 1 aromatic rings. The Morgan fingerprint density at radius 2 is 1.88 bits per heavy atom. The van der Waals surface area contributed by atoms with Crippen LogP contribution in [0.4, 0.5) is 0 Å². The molecule has 0 aliphatic rings. The lowest BCUT2D eigenvalue weighted by Gasteiger charge is -2.07. The second kappa shape index (κ2) is 5.48. The lowest BCUT2D eigenvalue weighted by molar-refractivity contribution is -0.115. The molecule has 4 heteroatoms. The van der Waals surface area contributed by atoms with Gasteiger partial charge in [-0.25, -0.2) is 0 Å². The van der Waals surface area contributed by atoms with E-state index in [0.29, 0.717) is 6.42 Å². The van der Waals surface area contributed by atoms with Gasteiger partial charge in [0.15, 0.2) is 0 Å². The Kier molecular flexibility index (Phi) is 4.26. The van der Waals surface area contributed by atoms with Crippen LogP contribution in [0.1, 0.15) is 42.1 Å². The molecule has 0 heterocycles. The summed E-state index contributed by atoms with van der Waals surface area (Å²) in [5, 5.41) is 19.0. The van der Waals surface area contributed by atoms with Crippen molar-refractivity contribution in [3.05, 3.63) is 23.3 Å². The van der Waals surface area contributed by atoms with Crippen LogP contribution in [-0.4, -0.2) is 21.8 Å². The summed E-state index contributed by atoms with van der Waals surface area (Å²) in [7, 11) is 0. The standard InChI is InChI=1S/C13H16O4/c1-3-4-5-11(15)13(17)9-6-7-10(14)8(2)12(9)16/h6-7,14,16H,3-5H2,1-2H3. The highest BCUT2D eigenvalue weighted by molar-refractivity contribution is 6.44. The molecule has 0 radical (unpaired) electrons. The van der Waals surface area contributed by atoms with Gasteiger partial charge in [-0.15, -0.1) is 0 Å². The van der Waals surface area contributed by atoms with Crippen molar-refractivity contribution >= 4 is 11.6 Å². The highest BCUT2D eigenvalue weighted by Gasteiger charge is 2.20. The van der Waals surface area contributed by atoms with Crippen molar-refractivity contribution in [3.63, 3.8) is 0 Å². The van der Waals surface area contributed by atoms with Gasteiger partial charge in [0.25, 0.3) is 0 Å². The molecular formula is C13H16O4. The van der Waals surface area contributed by atoms with Crippen molar-refractivity contribution in [2.75, 3.05) is 0 Å². The van der Waals surface area contributed by atoms with Crippen LogP contribution < -0.4 is 0 Å².